The maximum Gasteiger partial charge on any atom is 0.337 e. The predicted molar refractivity (Wildman–Crippen MR) is 72.5 cm³/mol. The number of carboxylic acids is 1. The molecule has 98 valence electrons. The fourth-order valence-corrected chi connectivity index (χ4v) is 2.03. The van der Waals surface area contributed by atoms with Crippen molar-refractivity contribution in [3.63, 3.8) is 0 Å². The number of nitrogens with zero attached hydrogens (tertiary/aromatic N) is 1. The number of halogens is 1. The third kappa shape index (κ3) is 2.57. The van der Waals surface area contributed by atoms with E-state index in [2.05, 4.69) is 0 Å². The van der Waals surface area contributed by atoms with Crippen LogP contribution in [-0.2, 0) is 0 Å². The zero-order valence-corrected chi connectivity index (χ0v) is 10.5. The van der Waals surface area contributed by atoms with E-state index in [1.54, 1.807) is 41.3 Å². The van der Waals surface area contributed by atoms with Crippen LogP contribution in [0.1, 0.15) is 17.3 Å². The van der Waals surface area contributed by atoms with Gasteiger partial charge in [-0.1, -0.05) is 24.3 Å². The van der Waals surface area contributed by atoms with E-state index in [1.807, 2.05) is 6.92 Å². The Morgan fingerprint density at radius 3 is 2.26 bits per heavy atom. The van der Waals surface area contributed by atoms with Crippen molar-refractivity contribution in [2.45, 2.75) is 6.92 Å². The molecule has 4 heteroatoms. The van der Waals surface area contributed by atoms with E-state index in [0.717, 1.165) is 0 Å². The number of carbonyl (C=O) groups is 1. The highest BCUT2D eigenvalue weighted by atomic mass is 19.1. The number of hydrogen-bond donors (Lipinski definition) is 1. The van der Waals surface area contributed by atoms with Crippen molar-refractivity contribution in [1.82, 2.24) is 0 Å². The fourth-order valence-electron chi connectivity index (χ4n) is 2.03. The van der Waals surface area contributed by atoms with Gasteiger partial charge in [0, 0.05) is 6.54 Å². The molecular formula is C15H14FNO2. The molecular weight excluding hydrogens is 245 g/mol. The Morgan fingerprint density at radius 2 is 1.68 bits per heavy atom. The van der Waals surface area contributed by atoms with Crippen molar-refractivity contribution < 1.29 is 14.3 Å². The summed E-state index contributed by atoms with van der Waals surface area (Å²) in [5.41, 5.74) is 1.02. The summed E-state index contributed by atoms with van der Waals surface area (Å²) in [5.74, 6) is -1.39. The van der Waals surface area contributed by atoms with Crippen molar-refractivity contribution in [2.24, 2.45) is 0 Å². The molecule has 2 rings (SSSR count). The summed E-state index contributed by atoms with van der Waals surface area (Å²) < 4.78 is 13.9. The van der Waals surface area contributed by atoms with E-state index >= 15 is 0 Å². The maximum atomic E-state index is 13.9. The van der Waals surface area contributed by atoms with Gasteiger partial charge in [0.2, 0.25) is 0 Å². The number of carboxylic acid groups (broad SMARTS) is 1. The fraction of sp³-hybridized carbons (Fsp3) is 0.133. The number of benzene rings is 2. The Kier molecular flexibility index (Phi) is 3.80. The molecule has 0 aromatic heterocycles. The Balaban J connectivity index is 2.55. The molecule has 2 aromatic rings. The van der Waals surface area contributed by atoms with Crippen LogP contribution >= 0.6 is 0 Å². The standard InChI is InChI=1S/C15H14FNO2/c1-2-17(14-10-6-4-8-12(14)16)13-9-5-3-7-11(13)15(18)19/h3-10H,2H2,1H3,(H,18,19). The van der Waals surface area contributed by atoms with Crippen LogP contribution in [-0.4, -0.2) is 17.6 Å². The SMILES string of the molecule is CCN(c1ccccc1F)c1ccccc1C(=O)O. The van der Waals surface area contributed by atoms with Crippen LogP contribution < -0.4 is 4.90 Å². The summed E-state index contributed by atoms with van der Waals surface area (Å²) in [7, 11) is 0. The Labute approximate surface area is 110 Å². The van der Waals surface area contributed by atoms with E-state index in [4.69, 9.17) is 0 Å². The van der Waals surface area contributed by atoms with Gasteiger partial charge in [-0.2, -0.15) is 0 Å². The largest absolute Gasteiger partial charge is 0.478 e. The summed E-state index contributed by atoms with van der Waals surface area (Å²) in [4.78, 5) is 12.9. The molecule has 0 atom stereocenters. The van der Waals surface area contributed by atoms with E-state index in [-0.39, 0.29) is 11.4 Å². The van der Waals surface area contributed by atoms with Gasteiger partial charge in [-0.25, -0.2) is 9.18 Å². The van der Waals surface area contributed by atoms with E-state index < -0.39 is 5.97 Å². The van der Waals surface area contributed by atoms with Crippen LogP contribution in [0.3, 0.4) is 0 Å². The van der Waals surface area contributed by atoms with E-state index in [1.165, 1.54) is 12.1 Å². The smallest absolute Gasteiger partial charge is 0.337 e. The topological polar surface area (TPSA) is 40.5 Å². The number of rotatable bonds is 4. The molecule has 0 saturated heterocycles. The lowest BCUT2D eigenvalue weighted by Gasteiger charge is -2.25. The molecule has 0 spiro atoms. The van der Waals surface area contributed by atoms with Crippen LogP contribution in [0.2, 0.25) is 0 Å². The van der Waals surface area contributed by atoms with Crippen LogP contribution in [0.5, 0.6) is 0 Å². The molecule has 0 bridgehead atoms. The monoisotopic (exact) mass is 259 g/mol. The summed E-state index contributed by atoms with van der Waals surface area (Å²) in [6, 6.07) is 12.9. The summed E-state index contributed by atoms with van der Waals surface area (Å²) >= 11 is 0. The minimum Gasteiger partial charge on any atom is -0.478 e. The number of aromatic carboxylic acids is 1. The van der Waals surface area contributed by atoms with Crippen LogP contribution in [0.25, 0.3) is 0 Å². The van der Waals surface area contributed by atoms with Crippen LogP contribution in [0.15, 0.2) is 48.5 Å². The molecule has 0 aliphatic rings. The Hall–Kier alpha value is -2.36. The van der Waals surface area contributed by atoms with E-state index in [0.29, 0.717) is 17.9 Å². The molecule has 19 heavy (non-hydrogen) atoms. The van der Waals surface area contributed by atoms with Crippen molar-refractivity contribution in [1.29, 1.82) is 0 Å². The van der Waals surface area contributed by atoms with Gasteiger partial charge in [-0.05, 0) is 31.2 Å². The molecule has 0 saturated carbocycles. The first-order valence-electron chi connectivity index (χ1n) is 5.99. The summed E-state index contributed by atoms with van der Waals surface area (Å²) in [6.45, 7) is 2.33. The van der Waals surface area contributed by atoms with Crippen molar-refractivity contribution in [3.05, 3.63) is 59.9 Å². The van der Waals surface area contributed by atoms with Gasteiger partial charge in [0.05, 0.1) is 16.9 Å². The molecule has 0 fully saturated rings. The lowest BCUT2D eigenvalue weighted by atomic mass is 10.1. The molecule has 1 N–H and O–H groups in total. The number of para-hydroxylation sites is 2. The highest BCUT2D eigenvalue weighted by Crippen LogP contribution is 2.30. The molecule has 0 radical (unpaired) electrons. The van der Waals surface area contributed by atoms with Crippen molar-refractivity contribution >= 4 is 17.3 Å². The molecule has 0 aliphatic heterocycles. The highest BCUT2D eigenvalue weighted by molar-refractivity contribution is 5.95. The van der Waals surface area contributed by atoms with Gasteiger partial charge >= 0.3 is 5.97 Å². The van der Waals surface area contributed by atoms with Gasteiger partial charge in [-0.15, -0.1) is 0 Å². The first kappa shape index (κ1) is 13.1. The molecule has 0 amide bonds. The Bertz CT molecular complexity index is 598. The van der Waals surface area contributed by atoms with Crippen LogP contribution in [0, 0.1) is 5.82 Å². The number of anilines is 2. The van der Waals surface area contributed by atoms with Gasteiger partial charge in [0.25, 0.3) is 0 Å². The lowest BCUT2D eigenvalue weighted by Crippen LogP contribution is -2.20. The average Bonchev–Trinajstić information content (AvgIpc) is 2.42. The first-order chi connectivity index (χ1) is 9.15. The van der Waals surface area contributed by atoms with Gasteiger partial charge < -0.3 is 10.0 Å². The van der Waals surface area contributed by atoms with E-state index in [9.17, 15) is 14.3 Å². The van der Waals surface area contributed by atoms with Gasteiger partial charge in [-0.3, -0.25) is 0 Å². The maximum absolute atomic E-state index is 13.9. The highest BCUT2D eigenvalue weighted by Gasteiger charge is 2.17. The van der Waals surface area contributed by atoms with Gasteiger partial charge in [0.1, 0.15) is 5.82 Å². The normalized spacial score (nSPS) is 10.2. The van der Waals surface area contributed by atoms with Crippen LogP contribution in [0.4, 0.5) is 15.8 Å². The van der Waals surface area contributed by atoms with Crippen molar-refractivity contribution in [3.8, 4) is 0 Å². The predicted octanol–water partition coefficient (Wildman–Crippen LogP) is 3.68. The lowest BCUT2D eigenvalue weighted by molar-refractivity contribution is 0.0697. The molecule has 0 heterocycles. The van der Waals surface area contributed by atoms with Gasteiger partial charge in [0.15, 0.2) is 0 Å². The molecule has 0 aliphatic carbocycles. The molecule has 3 nitrogen and oxygen atoms in total. The first-order valence-corrected chi connectivity index (χ1v) is 5.99. The second-order valence-corrected chi connectivity index (χ2v) is 4.02. The summed E-state index contributed by atoms with van der Waals surface area (Å²) in [6.07, 6.45) is 0. The van der Waals surface area contributed by atoms with Crippen molar-refractivity contribution in [2.75, 3.05) is 11.4 Å². The molecule has 0 unspecified atom stereocenters. The summed E-state index contributed by atoms with van der Waals surface area (Å²) in [5, 5.41) is 9.21. The Morgan fingerprint density at radius 1 is 1.11 bits per heavy atom. The quantitative estimate of drug-likeness (QED) is 0.910. The molecule has 2 aromatic carbocycles. The second-order valence-electron chi connectivity index (χ2n) is 4.02. The third-order valence-corrected chi connectivity index (χ3v) is 2.88. The second kappa shape index (κ2) is 5.52. The zero-order valence-electron chi connectivity index (χ0n) is 10.5. The minimum absolute atomic E-state index is 0.160. The minimum atomic E-state index is -1.02. The zero-order chi connectivity index (χ0) is 13.8. The number of hydrogen-bond acceptors (Lipinski definition) is 2. The average molecular weight is 259 g/mol. The third-order valence-electron chi connectivity index (χ3n) is 2.88.